The number of thiol groups is 1. The van der Waals surface area contributed by atoms with E-state index in [4.69, 9.17) is 0 Å². The summed E-state index contributed by atoms with van der Waals surface area (Å²) in [6, 6.07) is 0. The van der Waals surface area contributed by atoms with Gasteiger partial charge >= 0.3 is 0 Å². The highest BCUT2D eigenvalue weighted by Gasteiger charge is 2.36. The summed E-state index contributed by atoms with van der Waals surface area (Å²) in [5.74, 6) is 0.364. The van der Waals surface area contributed by atoms with Crippen molar-refractivity contribution in [1.82, 2.24) is 5.32 Å². The van der Waals surface area contributed by atoms with E-state index in [1.807, 2.05) is 0 Å². The maximum atomic E-state index is 10.5. The summed E-state index contributed by atoms with van der Waals surface area (Å²) < 4.78 is 21.0. The molecule has 1 fully saturated rings. The van der Waals surface area contributed by atoms with Gasteiger partial charge in [0.2, 0.25) is 0 Å². The highest BCUT2D eigenvalue weighted by molar-refractivity contribution is 7.72. The molecular weight excluding hydrogens is 162 g/mol. The second kappa shape index (κ2) is 3.54. The van der Waals surface area contributed by atoms with Crippen LogP contribution in [0.25, 0.3) is 0 Å². The smallest absolute Gasteiger partial charge is 0.140 e. The highest BCUT2D eigenvalue weighted by Crippen LogP contribution is 2.28. The van der Waals surface area contributed by atoms with Gasteiger partial charge in [0.1, 0.15) is 10.7 Å². The van der Waals surface area contributed by atoms with Crippen molar-refractivity contribution in [2.75, 3.05) is 18.8 Å². The summed E-state index contributed by atoms with van der Waals surface area (Å²) in [5, 5.41) is 3.12. The zero-order chi connectivity index (χ0) is 8.32. The number of rotatable bonds is 4. The Morgan fingerprint density at radius 1 is 1.45 bits per heavy atom. The van der Waals surface area contributed by atoms with Gasteiger partial charge in [0.25, 0.3) is 0 Å². The Kier molecular flexibility index (Phi) is 2.90. The summed E-state index contributed by atoms with van der Waals surface area (Å²) in [7, 11) is -2.19. The molecule has 0 aromatic carbocycles. The van der Waals surface area contributed by atoms with E-state index in [2.05, 4.69) is 12.2 Å². The molecule has 0 atom stereocenters. The Morgan fingerprint density at radius 2 is 2.09 bits per heavy atom. The van der Waals surface area contributed by atoms with Crippen LogP contribution in [0.2, 0.25) is 0 Å². The molecule has 0 radical (unpaired) electrons. The molecule has 1 aliphatic rings. The standard InChI is InChI=1S/C7H15NO2S/c1-2-3-7(4-8-5-7)6-11(9)10/h8,11H,2-6H2,1H3. The summed E-state index contributed by atoms with van der Waals surface area (Å²) in [4.78, 5) is 0. The first-order chi connectivity index (χ1) is 5.18. The zero-order valence-electron chi connectivity index (χ0n) is 6.80. The van der Waals surface area contributed by atoms with E-state index in [1.54, 1.807) is 0 Å². The van der Waals surface area contributed by atoms with E-state index in [0.717, 1.165) is 25.9 Å². The minimum atomic E-state index is -2.19. The number of hydrogen-bond acceptors (Lipinski definition) is 3. The van der Waals surface area contributed by atoms with Crippen LogP contribution in [0, 0.1) is 5.41 Å². The molecule has 11 heavy (non-hydrogen) atoms. The van der Waals surface area contributed by atoms with Gasteiger partial charge in [0.05, 0.1) is 5.75 Å². The van der Waals surface area contributed by atoms with Gasteiger partial charge in [-0.1, -0.05) is 13.3 Å². The third kappa shape index (κ3) is 2.17. The molecular formula is C7H15NO2S. The fourth-order valence-corrected chi connectivity index (χ4v) is 2.58. The Labute approximate surface area is 69.1 Å². The van der Waals surface area contributed by atoms with Crippen LogP contribution in [0.3, 0.4) is 0 Å². The van der Waals surface area contributed by atoms with Crippen LogP contribution in [0.5, 0.6) is 0 Å². The molecule has 0 aromatic rings. The lowest BCUT2D eigenvalue weighted by molar-refractivity contribution is 0.183. The van der Waals surface area contributed by atoms with Crippen molar-refractivity contribution in [2.45, 2.75) is 19.8 Å². The quantitative estimate of drug-likeness (QED) is 0.594. The topological polar surface area (TPSA) is 46.2 Å². The molecule has 1 heterocycles. The molecule has 1 saturated heterocycles. The summed E-state index contributed by atoms with van der Waals surface area (Å²) in [6.07, 6.45) is 2.11. The lowest BCUT2D eigenvalue weighted by Gasteiger charge is -2.41. The minimum absolute atomic E-state index is 0.0873. The summed E-state index contributed by atoms with van der Waals surface area (Å²) in [6.45, 7) is 3.85. The van der Waals surface area contributed by atoms with E-state index in [9.17, 15) is 8.42 Å². The third-order valence-electron chi connectivity index (χ3n) is 2.24. The van der Waals surface area contributed by atoms with Crippen molar-refractivity contribution in [3.8, 4) is 0 Å². The second-order valence-corrected chi connectivity index (χ2v) is 4.33. The van der Waals surface area contributed by atoms with Crippen LogP contribution in [0.4, 0.5) is 0 Å². The van der Waals surface area contributed by atoms with Crippen LogP contribution in [-0.2, 0) is 10.7 Å². The molecule has 0 aromatic heterocycles. The highest BCUT2D eigenvalue weighted by atomic mass is 32.2. The summed E-state index contributed by atoms with van der Waals surface area (Å²) >= 11 is 0. The Morgan fingerprint density at radius 3 is 2.36 bits per heavy atom. The molecule has 0 amide bonds. The molecule has 0 bridgehead atoms. The number of nitrogens with one attached hydrogen (secondary N) is 1. The number of hydrogen-bond donors (Lipinski definition) is 2. The first kappa shape index (κ1) is 9.00. The fourth-order valence-electron chi connectivity index (χ4n) is 1.65. The van der Waals surface area contributed by atoms with Crippen molar-refractivity contribution >= 4 is 10.7 Å². The first-order valence-electron chi connectivity index (χ1n) is 4.01. The molecule has 1 rings (SSSR count). The van der Waals surface area contributed by atoms with Gasteiger partial charge in [-0.15, -0.1) is 0 Å². The monoisotopic (exact) mass is 177 g/mol. The van der Waals surface area contributed by atoms with Gasteiger partial charge in [0.15, 0.2) is 0 Å². The molecule has 0 spiro atoms. The van der Waals surface area contributed by atoms with Crippen LogP contribution >= 0.6 is 0 Å². The van der Waals surface area contributed by atoms with Gasteiger partial charge in [0, 0.05) is 18.5 Å². The largest absolute Gasteiger partial charge is 0.315 e. The molecule has 1 aliphatic heterocycles. The van der Waals surface area contributed by atoms with E-state index < -0.39 is 10.7 Å². The Hall–Kier alpha value is -0.0900. The predicted molar refractivity (Wildman–Crippen MR) is 45.4 cm³/mol. The predicted octanol–water partition coefficient (Wildman–Crippen LogP) is -0.0125. The van der Waals surface area contributed by atoms with Crippen molar-refractivity contribution in [3.63, 3.8) is 0 Å². The van der Waals surface area contributed by atoms with E-state index in [-0.39, 0.29) is 5.41 Å². The molecule has 3 nitrogen and oxygen atoms in total. The maximum Gasteiger partial charge on any atom is 0.140 e. The molecule has 66 valence electrons. The van der Waals surface area contributed by atoms with Crippen LogP contribution in [0.1, 0.15) is 19.8 Å². The van der Waals surface area contributed by atoms with Crippen LogP contribution in [0.15, 0.2) is 0 Å². The SMILES string of the molecule is CCCC1(C[SH](=O)=O)CNC1. The second-order valence-electron chi connectivity index (χ2n) is 3.34. The Balaban J connectivity index is 2.46. The third-order valence-corrected chi connectivity index (χ3v) is 3.17. The zero-order valence-corrected chi connectivity index (χ0v) is 7.69. The van der Waals surface area contributed by atoms with Crippen molar-refractivity contribution < 1.29 is 8.42 Å². The molecule has 0 aliphatic carbocycles. The van der Waals surface area contributed by atoms with Crippen LogP contribution in [-0.4, -0.2) is 27.3 Å². The molecule has 1 N–H and O–H groups in total. The van der Waals surface area contributed by atoms with Crippen molar-refractivity contribution in [3.05, 3.63) is 0 Å². The average Bonchev–Trinajstić information content (AvgIpc) is 1.82. The van der Waals surface area contributed by atoms with Gasteiger partial charge < -0.3 is 5.32 Å². The van der Waals surface area contributed by atoms with E-state index in [1.165, 1.54) is 0 Å². The van der Waals surface area contributed by atoms with Gasteiger partial charge in [-0.2, -0.15) is 0 Å². The van der Waals surface area contributed by atoms with Gasteiger partial charge in [-0.05, 0) is 6.42 Å². The van der Waals surface area contributed by atoms with Crippen LogP contribution < -0.4 is 5.32 Å². The van der Waals surface area contributed by atoms with E-state index >= 15 is 0 Å². The maximum absolute atomic E-state index is 10.5. The lowest BCUT2D eigenvalue weighted by Crippen LogP contribution is -2.55. The van der Waals surface area contributed by atoms with Gasteiger partial charge in [-0.3, -0.25) is 0 Å². The lowest BCUT2D eigenvalue weighted by atomic mass is 9.80. The Bertz CT molecular complexity index is 189. The van der Waals surface area contributed by atoms with Gasteiger partial charge in [-0.25, -0.2) is 8.42 Å². The molecule has 4 heteroatoms. The normalized spacial score (nSPS) is 21.6. The molecule has 0 unspecified atom stereocenters. The van der Waals surface area contributed by atoms with Crippen molar-refractivity contribution in [2.24, 2.45) is 5.41 Å². The first-order valence-corrected chi connectivity index (χ1v) is 5.37. The molecule has 0 saturated carbocycles. The fraction of sp³-hybridized carbons (Fsp3) is 1.00. The van der Waals surface area contributed by atoms with E-state index in [0.29, 0.717) is 5.75 Å². The minimum Gasteiger partial charge on any atom is -0.315 e. The average molecular weight is 177 g/mol. The van der Waals surface area contributed by atoms with Crippen molar-refractivity contribution in [1.29, 1.82) is 0 Å². The summed E-state index contributed by atoms with van der Waals surface area (Å²) in [5.41, 5.74) is 0.0873.